The number of fused-ring (bicyclic) bond motifs is 7. The Bertz CT molecular complexity index is 923. The largest absolute Gasteiger partial charge is 0.469 e. The van der Waals surface area contributed by atoms with E-state index in [4.69, 9.17) is 4.74 Å². The summed E-state index contributed by atoms with van der Waals surface area (Å²) in [5.74, 6) is 1.16. The third-order valence-corrected chi connectivity index (χ3v) is 13.3. The maximum absolute atomic E-state index is 13.4. The highest BCUT2D eigenvalue weighted by Gasteiger charge is 2.69. The fourth-order valence-corrected chi connectivity index (χ4v) is 10.8. The molecule has 0 aromatic heterocycles. The van der Waals surface area contributed by atoms with Gasteiger partial charge in [-0.1, -0.05) is 53.2 Å². The molecule has 4 fully saturated rings. The van der Waals surface area contributed by atoms with Gasteiger partial charge in [0, 0.05) is 5.41 Å². The molecule has 4 nitrogen and oxygen atoms in total. The Morgan fingerprint density at radius 3 is 2.31 bits per heavy atom. The minimum atomic E-state index is -0.417. The normalized spacial score (nSPS) is 52.8. The zero-order valence-corrected chi connectivity index (χ0v) is 23.4. The van der Waals surface area contributed by atoms with Crippen LogP contribution < -0.4 is 0 Å². The van der Waals surface area contributed by atoms with Crippen LogP contribution in [0.2, 0.25) is 0 Å². The summed E-state index contributed by atoms with van der Waals surface area (Å²) >= 11 is 0. The minimum Gasteiger partial charge on any atom is -0.469 e. The van der Waals surface area contributed by atoms with E-state index in [2.05, 4.69) is 47.6 Å². The Morgan fingerprint density at radius 2 is 1.66 bits per heavy atom. The van der Waals surface area contributed by atoms with Crippen molar-refractivity contribution >= 4 is 5.97 Å². The summed E-state index contributed by atoms with van der Waals surface area (Å²) in [7, 11) is 1.58. The van der Waals surface area contributed by atoms with Crippen molar-refractivity contribution in [2.45, 2.75) is 112 Å². The Balaban J connectivity index is 1.59. The predicted molar refractivity (Wildman–Crippen MR) is 138 cm³/mol. The molecule has 0 spiro atoms. The van der Waals surface area contributed by atoms with Gasteiger partial charge in [-0.05, 0) is 104 Å². The van der Waals surface area contributed by atoms with Crippen LogP contribution in [0.25, 0.3) is 0 Å². The van der Waals surface area contributed by atoms with Crippen molar-refractivity contribution in [2.24, 2.45) is 50.2 Å². The Kier molecular flexibility index (Phi) is 5.76. The van der Waals surface area contributed by atoms with Crippen molar-refractivity contribution in [1.29, 1.82) is 0 Å². The smallest absolute Gasteiger partial charge is 0.312 e. The second-order valence-electron chi connectivity index (χ2n) is 15.1. The molecule has 9 atom stereocenters. The average Bonchev–Trinajstić information content (AvgIpc) is 2.81. The van der Waals surface area contributed by atoms with E-state index in [0.29, 0.717) is 11.8 Å². The second kappa shape index (κ2) is 7.82. The van der Waals surface area contributed by atoms with Crippen LogP contribution in [0, 0.1) is 50.2 Å². The van der Waals surface area contributed by atoms with Crippen molar-refractivity contribution in [2.75, 3.05) is 13.7 Å². The third kappa shape index (κ3) is 3.14. The number of esters is 1. The van der Waals surface area contributed by atoms with Gasteiger partial charge in [0.1, 0.15) is 0 Å². The molecular weight excluding hydrogens is 436 g/mol. The third-order valence-electron chi connectivity index (χ3n) is 13.3. The maximum Gasteiger partial charge on any atom is 0.312 e. The van der Waals surface area contributed by atoms with Gasteiger partial charge < -0.3 is 14.9 Å². The van der Waals surface area contributed by atoms with Crippen molar-refractivity contribution in [3.63, 3.8) is 0 Å². The Morgan fingerprint density at radius 1 is 0.971 bits per heavy atom. The Hall–Kier alpha value is -0.870. The monoisotopic (exact) mass is 486 g/mol. The molecule has 0 bridgehead atoms. The fourth-order valence-electron chi connectivity index (χ4n) is 10.8. The van der Waals surface area contributed by atoms with Gasteiger partial charge in [0.05, 0.1) is 25.2 Å². The summed E-state index contributed by atoms with van der Waals surface area (Å²) in [4.78, 5) is 13.4. The summed E-state index contributed by atoms with van der Waals surface area (Å²) in [5, 5.41) is 21.4. The number of hydrogen-bond donors (Lipinski definition) is 2. The van der Waals surface area contributed by atoms with E-state index < -0.39 is 11.5 Å². The molecule has 5 rings (SSSR count). The lowest BCUT2D eigenvalue weighted by atomic mass is 9.33. The van der Waals surface area contributed by atoms with Gasteiger partial charge in [-0.25, -0.2) is 0 Å². The van der Waals surface area contributed by atoms with E-state index in [1.165, 1.54) is 0 Å². The van der Waals surface area contributed by atoms with Crippen molar-refractivity contribution in [3.8, 4) is 0 Å². The molecule has 0 amide bonds. The van der Waals surface area contributed by atoms with Gasteiger partial charge in [0.15, 0.2) is 0 Å². The van der Waals surface area contributed by atoms with Crippen LogP contribution in [0.4, 0.5) is 0 Å². The molecule has 0 aliphatic heterocycles. The summed E-state index contributed by atoms with van der Waals surface area (Å²) in [6, 6.07) is 0. The Labute approximate surface area is 213 Å². The SMILES string of the molecule is COC(=O)C12CCC(C)(C)CC1C1=CCC3C4(C)CCC(O)C(C)(CO)C4CCC3(C)C1(C)CC2. The molecule has 35 heavy (non-hydrogen) atoms. The van der Waals surface area contributed by atoms with E-state index in [1.54, 1.807) is 12.7 Å². The van der Waals surface area contributed by atoms with Gasteiger partial charge in [-0.3, -0.25) is 4.79 Å². The molecule has 0 heterocycles. The molecule has 2 N–H and O–H groups in total. The molecule has 4 heteroatoms. The number of allylic oxidation sites excluding steroid dienone is 2. The first-order valence-corrected chi connectivity index (χ1v) is 14.3. The van der Waals surface area contributed by atoms with Crippen molar-refractivity contribution in [1.82, 2.24) is 0 Å². The molecule has 0 aromatic carbocycles. The van der Waals surface area contributed by atoms with Crippen molar-refractivity contribution < 1.29 is 19.7 Å². The molecular formula is C31H50O4. The van der Waals surface area contributed by atoms with Crippen LogP contribution in [-0.4, -0.2) is 36.0 Å². The van der Waals surface area contributed by atoms with Crippen molar-refractivity contribution in [3.05, 3.63) is 11.6 Å². The van der Waals surface area contributed by atoms with E-state index in [0.717, 1.165) is 64.2 Å². The number of carbonyl (C=O) groups excluding carboxylic acids is 1. The molecule has 0 saturated heterocycles. The van der Waals surface area contributed by atoms with E-state index in [9.17, 15) is 15.0 Å². The van der Waals surface area contributed by atoms with Gasteiger partial charge in [-0.15, -0.1) is 0 Å². The summed E-state index contributed by atoms with van der Waals surface area (Å²) in [6.07, 6.45) is 12.3. The van der Waals surface area contributed by atoms with Crippen LogP contribution in [0.3, 0.4) is 0 Å². The topological polar surface area (TPSA) is 66.8 Å². The minimum absolute atomic E-state index is 0.0175. The molecule has 5 aliphatic rings. The van der Waals surface area contributed by atoms with Gasteiger partial charge in [0.25, 0.3) is 0 Å². The molecule has 9 unspecified atom stereocenters. The summed E-state index contributed by atoms with van der Waals surface area (Å²) in [5.41, 5.74) is 1.37. The number of ether oxygens (including phenoxy) is 1. The predicted octanol–water partition coefficient (Wildman–Crippen LogP) is 6.29. The van der Waals surface area contributed by atoms with Gasteiger partial charge in [-0.2, -0.15) is 0 Å². The fraction of sp³-hybridized carbons (Fsp3) is 0.903. The lowest BCUT2D eigenvalue weighted by Gasteiger charge is -2.71. The molecule has 0 radical (unpaired) electrons. The van der Waals surface area contributed by atoms with Crippen LogP contribution in [0.1, 0.15) is 106 Å². The van der Waals surface area contributed by atoms with E-state index in [-0.39, 0.29) is 45.6 Å². The standard InChI is InChI=1S/C31H50O4/c1-26(2)14-16-31(25(34)35-7)17-15-29(5)20(21(31)18-26)8-9-23-27(3)12-11-24(33)28(4,19-32)22(27)10-13-30(23,29)6/h8,21-24,32-33H,9-19H2,1-7H3. The molecule has 4 saturated carbocycles. The van der Waals surface area contributed by atoms with Crippen LogP contribution in [0.15, 0.2) is 11.6 Å². The van der Waals surface area contributed by atoms with E-state index >= 15 is 0 Å². The van der Waals surface area contributed by atoms with Gasteiger partial charge in [0.2, 0.25) is 0 Å². The maximum atomic E-state index is 13.4. The number of aliphatic hydroxyl groups excluding tert-OH is 2. The first-order valence-electron chi connectivity index (χ1n) is 14.3. The molecule has 0 aromatic rings. The zero-order chi connectivity index (χ0) is 25.7. The number of carbonyl (C=O) groups is 1. The van der Waals surface area contributed by atoms with E-state index in [1.807, 2.05) is 0 Å². The first kappa shape index (κ1) is 25.8. The van der Waals surface area contributed by atoms with Crippen LogP contribution in [-0.2, 0) is 9.53 Å². The lowest BCUT2D eigenvalue weighted by Crippen LogP contribution is -2.66. The quantitative estimate of drug-likeness (QED) is 0.355. The molecule has 198 valence electrons. The highest BCUT2D eigenvalue weighted by atomic mass is 16.5. The first-order chi connectivity index (χ1) is 16.2. The average molecular weight is 487 g/mol. The number of aliphatic hydroxyl groups is 2. The molecule has 5 aliphatic carbocycles. The number of hydrogen-bond acceptors (Lipinski definition) is 4. The van der Waals surface area contributed by atoms with Gasteiger partial charge >= 0.3 is 5.97 Å². The van der Waals surface area contributed by atoms with Crippen LogP contribution in [0.5, 0.6) is 0 Å². The highest BCUT2D eigenvalue weighted by Crippen LogP contribution is 2.75. The summed E-state index contributed by atoms with van der Waals surface area (Å²) < 4.78 is 5.48. The zero-order valence-electron chi connectivity index (χ0n) is 23.4. The highest BCUT2D eigenvalue weighted by molar-refractivity contribution is 5.78. The number of rotatable bonds is 2. The second-order valence-corrected chi connectivity index (χ2v) is 15.1. The lowest BCUT2D eigenvalue weighted by molar-refractivity contribution is -0.216. The van der Waals surface area contributed by atoms with Crippen LogP contribution >= 0.6 is 0 Å². The summed E-state index contributed by atoms with van der Waals surface area (Å²) in [6.45, 7) is 14.5. The number of methoxy groups -OCH3 is 1.